The van der Waals surface area contributed by atoms with Crippen LogP contribution in [-0.2, 0) is 33.4 Å². The predicted octanol–water partition coefficient (Wildman–Crippen LogP) is -0.690. The quantitative estimate of drug-likeness (QED) is 0.0844. The Balaban J connectivity index is 1.02. The van der Waals surface area contributed by atoms with Crippen LogP contribution in [0.3, 0.4) is 0 Å². The lowest BCUT2D eigenvalue weighted by atomic mass is 10.0. The van der Waals surface area contributed by atoms with Crippen LogP contribution in [0, 0.1) is 0 Å². The van der Waals surface area contributed by atoms with Crippen molar-refractivity contribution in [3.05, 3.63) is 12.2 Å². The minimum Gasteiger partial charge on any atom is -0.377 e. The van der Waals surface area contributed by atoms with Gasteiger partial charge in [-0.25, -0.2) is 4.79 Å². The maximum absolute atomic E-state index is 12.0. The molecule has 0 aromatic carbocycles. The molecule has 6 amide bonds. The van der Waals surface area contributed by atoms with Gasteiger partial charge in [0.05, 0.1) is 51.7 Å². The van der Waals surface area contributed by atoms with E-state index in [2.05, 4.69) is 21.3 Å². The molecule has 0 radical (unpaired) electrons. The zero-order chi connectivity index (χ0) is 27.9. The molecule has 13 nitrogen and oxygen atoms in total. The second-order valence-corrected chi connectivity index (χ2v) is 10.6. The number of thioether (sulfide) groups is 1. The average molecular weight is 570 g/mol. The number of hydrogen-bond acceptors (Lipinski definition) is 9. The van der Waals surface area contributed by atoms with Gasteiger partial charge in [-0.1, -0.05) is 6.42 Å². The summed E-state index contributed by atoms with van der Waals surface area (Å²) in [5.74, 6) is -0.0896. The number of nitrogens with one attached hydrogen (secondary N) is 4. The number of fused-ring (bicyclic) bond motifs is 1. The van der Waals surface area contributed by atoms with Crippen molar-refractivity contribution >= 4 is 41.4 Å². The molecule has 3 aliphatic heterocycles. The highest BCUT2D eigenvalue weighted by atomic mass is 32.2. The monoisotopic (exact) mass is 569 g/mol. The number of carbonyl (C=O) groups excluding carboxylic acids is 5. The van der Waals surface area contributed by atoms with Crippen molar-refractivity contribution in [1.82, 2.24) is 26.2 Å². The van der Waals surface area contributed by atoms with Crippen LogP contribution in [0.25, 0.3) is 0 Å². The van der Waals surface area contributed by atoms with Crippen LogP contribution in [0.1, 0.15) is 32.1 Å². The predicted molar refractivity (Wildman–Crippen MR) is 143 cm³/mol. The molecule has 3 rings (SSSR count). The molecule has 14 heteroatoms. The van der Waals surface area contributed by atoms with E-state index >= 15 is 0 Å². The van der Waals surface area contributed by atoms with E-state index in [9.17, 15) is 24.0 Å². The molecule has 0 saturated carbocycles. The number of ether oxygens (including phenoxy) is 3. The third-order valence-corrected chi connectivity index (χ3v) is 7.93. The highest BCUT2D eigenvalue weighted by Gasteiger charge is 2.42. The first-order valence-corrected chi connectivity index (χ1v) is 14.5. The molecule has 0 bridgehead atoms. The molecule has 0 aromatic rings. The van der Waals surface area contributed by atoms with Gasteiger partial charge in [0, 0.05) is 55.6 Å². The molecule has 0 aromatic heterocycles. The average Bonchev–Trinajstić information content (AvgIpc) is 3.57. The second-order valence-electron chi connectivity index (χ2n) is 9.32. The van der Waals surface area contributed by atoms with Gasteiger partial charge in [-0.3, -0.25) is 24.1 Å². The summed E-state index contributed by atoms with van der Waals surface area (Å²) in [4.78, 5) is 59.0. The fourth-order valence-corrected chi connectivity index (χ4v) is 5.93. The van der Waals surface area contributed by atoms with Crippen molar-refractivity contribution in [2.45, 2.75) is 49.4 Å². The smallest absolute Gasteiger partial charge is 0.315 e. The van der Waals surface area contributed by atoms with Gasteiger partial charge >= 0.3 is 6.03 Å². The SMILES string of the molecule is O=C(CCCC[C@H]1SC[C@H]2NC(=O)N[C@H]21)NCCOCCOCCOCCNC(=O)CCN1C(=O)C=CC1=O. The highest BCUT2D eigenvalue weighted by molar-refractivity contribution is 8.00. The van der Waals surface area contributed by atoms with Crippen LogP contribution in [0.2, 0.25) is 0 Å². The summed E-state index contributed by atoms with van der Waals surface area (Å²) >= 11 is 1.89. The van der Waals surface area contributed by atoms with E-state index < -0.39 is 11.8 Å². The summed E-state index contributed by atoms with van der Waals surface area (Å²) in [6.45, 7) is 3.16. The molecule has 2 saturated heterocycles. The molecule has 3 aliphatic rings. The van der Waals surface area contributed by atoms with E-state index in [0.29, 0.717) is 64.4 Å². The van der Waals surface area contributed by atoms with Crippen molar-refractivity contribution < 1.29 is 38.2 Å². The van der Waals surface area contributed by atoms with Crippen LogP contribution in [-0.4, -0.2) is 117 Å². The van der Waals surface area contributed by atoms with Gasteiger partial charge in [0.1, 0.15) is 0 Å². The van der Waals surface area contributed by atoms with E-state index in [0.717, 1.165) is 29.9 Å². The number of nitrogens with zero attached hydrogens (tertiary/aromatic N) is 1. The van der Waals surface area contributed by atoms with Crippen LogP contribution < -0.4 is 21.3 Å². The number of hydrogen-bond donors (Lipinski definition) is 4. The first-order valence-electron chi connectivity index (χ1n) is 13.4. The summed E-state index contributed by atoms with van der Waals surface area (Å²) in [6.07, 6.45) is 5.70. The Hall–Kier alpha value is -2.68. The van der Waals surface area contributed by atoms with Gasteiger partial charge in [0.15, 0.2) is 0 Å². The first-order chi connectivity index (χ1) is 18.9. The lowest BCUT2D eigenvalue weighted by Crippen LogP contribution is -2.36. The zero-order valence-electron chi connectivity index (χ0n) is 22.1. The molecule has 2 fully saturated rings. The minimum atomic E-state index is -0.400. The molecule has 3 heterocycles. The van der Waals surface area contributed by atoms with Crippen molar-refractivity contribution in [3.63, 3.8) is 0 Å². The van der Waals surface area contributed by atoms with Gasteiger partial charge in [-0.15, -0.1) is 0 Å². The third kappa shape index (κ3) is 11.1. The van der Waals surface area contributed by atoms with Crippen LogP contribution in [0.5, 0.6) is 0 Å². The number of urea groups is 1. The van der Waals surface area contributed by atoms with Gasteiger partial charge < -0.3 is 35.5 Å². The number of amides is 6. The number of carbonyl (C=O) groups is 5. The molecule has 0 spiro atoms. The Kier molecular flexibility index (Phi) is 13.5. The van der Waals surface area contributed by atoms with Crippen molar-refractivity contribution in [3.8, 4) is 0 Å². The van der Waals surface area contributed by atoms with Crippen LogP contribution in [0.4, 0.5) is 4.79 Å². The topological polar surface area (TPSA) is 164 Å². The molecule has 0 aliphatic carbocycles. The van der Waals surface area contributed by atoms with Gasteiger partial charge in [-0.2, -0.15) is 11.8 Å². The van der Waals surface area contributed by atoms with Crippen molar-refractivity contribution in [2.24, 2.45) is 0 Å². The van der Waals surface area contributed by atoms with E-state index in [4.69, 9.17) is 14.2 Å². The molecule has 0 unspecified atom stereocenters. The van der Waals surface area contributed by atoms with Gasteiger partial charge in [0.2, 0.25) is 11.8 Å². The van der Waals surface area contributed by atoms with E-state index in [1.165, 1.54) is 12.2 Å². The zero-order valence-corrected chi connectivity index (χ0v) is 22.9. The Morgan fingerprint density at radius 3 is 2.08 bits per heavy atom. The first kappa shape index (κ1) is 30.9. The molecule has 218 valence electrons. The summed E-state index contributed by atoms with van der Waals surface area (Å²) in [5, 5.41) is 11.9. The minimum absolute atomic E-state index is 0.0186. The summed E-state index contributed by atoms with van der Waals surface area (Å²) in [7, 11) is 0. The Morgan fingerprint density at radius 2 is 1.44 bits per heavy atom. The second kappa shape index (κ2) is 17.1. The van der Waals surface area contributed by atoms with Crippen molar-refractivity contribution in [2.75, 3.05) is 65.0 Å². The lowest BCUT2D eigenvalue weighted by molar-refractivity contribution is -0.137. The molecular weight excluding hydrogens is 530 g/mol. The van der Waals surface area contributed by atoms with Crippen molar-refractivity contribution in [1.29, 1.82) is 0 Å². The summed E-state index contributed by atoms with van der Waals surface area (Å²) in [6, 6.07) is 0.376. The molecule has 3 atom stereocenters. The van der Waals surface area contributed by atoms with Crippen LogP contribution in [0.15, 0.2) is 12.2 Å². The van der Waals surface area contributed by atoms with Gasteiger partial charge in [-0.05, 0) is 12.8 Å². The third-order valence-electron chi connectivity index (χ3n) is 6.42. The summed E-state index contributed by atoms with van der Waals surface area (Å²) < 4.78 is 16.2. The number of unbranched alkanes of at least 4 members (excludes halogenated alkanes) is 1. The number of imide groups is 1. The van der Waals surface area contributed by atoms with E-state index in [1.807, 2.05) is 11.8 Å². The Bertz CT molecular complexity index is 871. The fraction of sp³-hybridized carbons (Fsp3) is 0.720. The summed E-state index contributed by atoms with van der Waals surface area (Å²) in [5.41, 5.74) is 0. The maximum Gasteiger partial charge on any atom is 0.315 e. The largest absolute Gasteiger partial charge is 0.377 e. The Morgan fingerprint density at radius 1 is 0.846 bits per heavy atom. The van der Waals surface area contributed by atoms with Gasteiger partial charge in [0.25, 0.3) is 11.8 Å². The standard InChI is InChI=1S/C25H39N5O8S/c31-20(4-2-1-3-19-24-18(17-39-19)28-25(35)29-24)26-8-11-36-13-15-38-16-14-37-12-9-27-21(32)7-10-30-22(33)5-6-23(30)34/h5-6,18-19,24H,1-4,7-17H2,(H,26,31)(H,27,32)(H2,28,29,35)/t18-,19-,24-/m1/s1. The van der Waals surface area contributed by atoms with Crippen LogP contribution >= 0.6 is 11.8 Å². The lowest BCUT2D eigenvalue weighted by Gasteiger charge is -2.16. The normalized spacial score (nSPS) is 21.7. The molecular formula is C25H39N5O8S. The van der Waals surface area contributed by atoms with E-state index in [-0.39, 0.29) is 42.9 Å². The van der Waals surface area contributed by atoms with E-state index in [1.54, 1.807) is 0 Å². The Labute approximate surface area is 232 Å². The fourth-order valence-electron chi connectivity index (χ4n) is 4.38. The molecule has 4 N–H and O–H groups in total. The molecule has 39 heavy (non-hydrogen) atoms. The maximum atomic E-state index is 12.0. The highest BCUT2D eigenvalue weighted by Crippen LogP contribution is 2.33. The number of rotatable bonds is 20.